The summed E-state index contributed by atoms with van der Waals surface area (Å²) in [4.78, 5) is 7.25. The van der Waals surface area contributed by atoms with Crippen LogP contribution in [0.3, 0.4) is 0 Å². The molecule has 0 amide bonds. The molecule has 19 heavy (non-hydrogen) atoms. The van der Waals surface area contributed by atoms with Crippen molar-refractivity contribution in [1.29, 1.82) is 0 Å². The van der Waals surface area contributed by atoms with E-state index in [2.05, 4.69) is 32.3 Å². The zero-order valence-electron chi connectivity index (χ0n) is 11.3. The maximum absolute atomic E-state index is 10.8. The van der Waals surface area contributed by atoms with Gasteiger partial charge in [-0.25, -0.2) is 4.98 Å². The monoisotopic (exact) mass is 263 g/mol. The minimum absolute atomic E-state index is 0.494. The Kier molecular flexibility index (Phi) is 4.68. The van der Waals surface area contributed by atoms with E-state index in [1.54, 1.807) is 18.6 Å². The van der Waals surface area contributed by atoms with Crippen molar-refractivity contribution in [1.82, 2.24) is 25.4 Å². The zero-order valence-corrected chi connectivity index (χ0v) is 11.3. The van der Waals surface area contributed by atoms with E-state index in [4.69, 9.17) is 0 Å². The molecule has 0 spiro atoms. The van der Waals surface area contributed by atoms with E-state index in [9.17, 15) is 5.11 Å². The van der Waals surface area contributed by atoms with Crippen molar-refractivity contribution in [2.24, 2.45) is 0 Å². The van der Waals surface area contributed by atoms with E-state index in [-0.39, 0.29) is 0 Å². The molecule has 0 bridgehead atoms. The number of aromatic nitrogens is 5. The van der Waals surface area contributed by atoms with Gasteiger partial charge in [-0.3, -0.25) is 5.10 Å². The number of aliphatic hydroxyl groups is 1. The Labute approximate surface area is 112 Å². The van der Waals surface area contributed by atoms with Crippen molar-refractivity contribution in [3.8, 4) is 0 Å². The standard InChI is InChI=1S/C13H21N5O/c1-2-3-4-5-13(19,8-11-10-16-18-17-11)9-12-14-6-7-15-12/h6-7,10,19H,2-5,8-9H2,1H3,(H,14,15)(H,16,17,18). The number of H-pyrrole nitrogens is 2. The summed E-state index contributed by atoms with van der Waals surface area (Å²) in [6.07, 6.45) is 10.2. The average Bonchev–Trinajstić information content (AvgIpc) is 3.03. The lowest BCUT2D eigenvalue weighted by Crippen LogP contribution is -2.35. The molecule has 2 aromatic rings. The number of nitrogens with zero attached hydrogens (tertiary/aromatic N) is 3. The molecule has 1 unspecified atom stereocenters. The number of aromatic amines is 2. The molecular formula is C13H21N5O. The first-order valence-corrected chi connectivity index (χ1v) is 6.78. The van der Waals surface area contributed by atoms with Crippen molar-refractivity contribution >= 4 is 0 Å². The summed E-state index contributed by atoms with van der Waals surface area (Å²) < 4.78 is 0. The van der Waals surface area contributed by atoms with Gasteiger partial charge in [0.1, 0.15) is 5.82 Å². The summed E-state index contributed by atoms with van der Waals surface area (Å²) in [6, 6.07) is 0. The molecule has 6 heteroatoms. The van der Waals surface area contributed by atoms with E-state index in [1.807, 2.05) is 0 Å². The van der Waals surface area contributed by atoms with Gasteiger partial charge in [0, 0.05) is 31.4 Å². The van der Waals surface area contributed by atoms with Gasteiger partial charge in [-0.1, -0.05) is 31.4 Å². The third-order valence-corrected chi connectivity index (χ3v) is 3.27. The van der Waals surface area contributed by atoms with Crippen LogP contribution in [0.1, 0.15) is 44.1 Å². The fourth-order valence-electron chi connectivity index (χ4n) is 2.30. The van der Waals surface area contributed by atoms with Crippen LogP contribution in [0.5, 0.6) is 0 Å². The number of nitrogens with one attached hydrogen (secondary N) is 2. The van der Waals surface area contributed by atoms with Gasteiger partial charge in [0.25, 0.3) is 0 Å². The Balaban J connectivity index is 2.02. The molecule has 0 aromatic carbocycles. The summed E-state index contributed by atoms with van der Waals surface area (Å²) in [7, 11) is 0. The first-order chi connectivity index (χ1) is 9.22. The summed E-state index contributed by atoms with van der Waals surface area (Å²) >= 11 is 0. The van der Waals surface area contributed by atoms with Gasteiger partial charge < -0.3 is 10.1 Å². The highest BCUT2D eigenvalue weighted by atomic mass is 16.3. The molecular weight excluding hydrogens is 242 g/mol. The van der Waals surface area contributed by atoms with Gasteiger partial charge in [-0.05, 0) is 6.42 Å². The van der Waals surface area contributed by atoms with E-state index < -0.39 is 5.60 Å². The van der Waals surface area contributed by atoms with Crippen LogP contribution >= 0.6 is 0 Å². The molecule has 2 rings (SSSR count). The lowest BCUT2D eigenvalue weighted by atomic mass is 9.88. The normalized spacial score (nSPS) is 14.4. The van der Waals surface area contributed by atoms with Crippen LogP contribution < -0.4 is 0 Å². The minimum Gasteiger partial charge on any atom is -0.389 e. The number of imidazole rings is 1. The summed E-state index contributed by atoms with van der Waals surface area (Å²) in [5.74, 6) is 0.808. The Morgan fingerprint density at radius 3 is 2.84 bits per heavy atom. The number of hydrogen-bond acceptors (Lipinski definition) is 4. The predicted molar refractivity (Wildman–Crippen MR) is 71.5 cm³/mol. The molecule has 2 aromatic heterocycles. The molecule has 1 atom stereocenters. The Morgan fingerprint density at radius 2 is 2.21 bits per heavy atom. The Morgan fingerprint density at radius 1 is 1.32 bits per heavy atom. The van der Waals surface area contributed by atoms with Gasteiger partial charge >= 0.3 is 0 Å². The van der Waals surface area contributed by atoms with Crippen LogP contribution in [-0.2, 0) is 12.8 Å². The highest BCUT2D eigenvalue weighted by Crippen LogP contribution is 2.23. The molecule has 2 heterocycles. The number of hydrogen-bond donors (Lipinski definition) is 3. The minimum atomic E-state index is -0.816. The molecule has 0 aliphatic heterocycles. The molecule has 6 nitrogen and oxygen atoms in total. The third kappa shape index (κ3) is 4.17. The van der Waals surface area contributed by atoms with E-state index in [1.165, 1.54) is 0 Å². The molecule has 0 aliphatic rings. The Hall–Kier alpha value is -1.69. The molecule has 0 saturated carbocycles. The summed E-state index contributed by atoms with van der Waals surface area (Å²) in [6.45, 7) is 2.16. The molecule has 0 saturated heterocycles. The topological polar surface area (TPSA) is 90.5 Å². The fourth-order valence-corrected chi connectivity index (χ4v) is 2.30. The van der Waals surface area contributed by atoms with Crippen molar-refractivity contribution in [2.45, 2.75) is 51.0 Å². The number of rotatable bonds is 8. The number of unbranched alkanes of at least 4 members (excludes halogenated alkanes) is 2. The van der Waals surface area contributed by atoms with Crippen molar-refractivity contribution in [2.75, 3.05) is 0 Å². The van der Waals surface area contributed by atoms with Crippen LogP contribution in [0, 0.1) is 0 Å². The quantitative estimate of drug-likeness (QED) is 0.631. The molecule has 0 aliphatic carbocycles. The van der Waals surface area contributed by atoms with E-state index in [0.29, 0.717) is 12.8 Å². The SMILES string of the molecule is CCCCCC(O)(Cc1c[nH]nn1)Cc1ncc[nH]1. The van der Waals surface area contributed by atoms with Gasteiger partial charge in [0.15, 0.2) is 0 Å². The first kappa shape index (κ1) is 13.7. The maximum Gasteiger partial charge on any atom is 0.108 e. The second-order valence-corrected chi connectivity index (χ2v) is 5.04. The van der Waals surface area contributed by atoms with Crippen LogP contribution in [0.25, 0.3) is 0 Å². The van der Waals surface area contributed by atoms with E-state index >= 15 is 0 Å². The van der Waals surface area contributed by atoms with Crippen molar-refractivity contribution in [3.63, 3.8) is 0 Å². The maximum atomic E-state index is 10.8. The van der Waals surface area contributed by atoms with E-state index in [0.717, 1.165) is 37.2 Å². The fraction of sp³-hybridized carbons (Fsp3) is 0.615. The zero-order chi connectivity index (χ0) is 13.6. The molecule has 3 N–H and O–H groups in total. The molecule has 104 valence electrons. The predicted octanol–water partition coefficient (Wildman–Crippen LogP) is 1.62. The largest absolute Gasteiger partial charge is 0.389 e. The molecule has 0 fully saturated rings. The smallest absolute Gasteiger partial charge is 0.108 e. The second kappa shape index (κ2) is 6.47. The highest BCUT2D eigenvalue weighted by Gasteiger charge is 2.29. The first-order valence-electron chi connectivity index (χ1n) is 6.78. The lowest BCUT2D eigenvalue weighted by Gasteiger charge is -2.26. The van der Waals surface area contributed by atoms with Gasteiger partial charge in [0.05, 0.1) is 11.3 Å². The summed E-state index contributed by atoms with van der Waals surface area (Å²) in [5, 5.41) is 21.2. The van der Waals surface area contributed by atoms with Gasteiger partial charge in [0.2, 0.25) is 0 Å². The van der Waals surface area contributed by atoms with Gasteiger partial charge in [-0.2, -0.15) is 0 Å². The lowest BCUT2D eigenvalue weighted by molar-refractivity contribution is 0.0268. The van der Waals surface area contributed by atoms with Crippen LogP contribution in [0.15, 0.2) is 18.6 Å². The van der Waals surface area contributed by atoms with Crippen molar-refractivity contribution < 1.29 is 5.11 Å². The molecule has 0 radical (unpaired) electrons. The van der Waals surface area contributed by atoms with Gasteiger partial charge in [-0.15, -0.1) is 5.10 Å². The summed E-state index contributed by atoms with van der Waals surface area (Å²) in [5.41, 5.74) is -0.0327. The van der Waals surface area contributed by atoms with Crippen molar-refractivity contribution in [3.05, 3.63) is 30.1 Å². The second-order valence-electron chi connectivity index (χ2n) is 5.04. The van der Waals surface area contributed by atoms with Crippen LogP contribution in [-0.4, -0.2) is 36.1 Å². The average molecular weight is 263 g/mol. The Bertz CT molecular complexity index is 415. The van der Waals surface area contributed by atoms with Crippen LogP contribution in [0.4, 0.5) is 0 Å². The van der Waals surface area contributed by atoms with Crippen LogP contribution in [0.2, 0.25) is 0 Å². The highest BCUT2D eigenvalue weighted by molar-refractivity contribution is 5.03. The third-order valence-electron chi connectivity index (χ3n) is 3.27.